The zero-order valence-corrected chi connectivity index (χ0v) is 17.3. The predicted octanol–water partition coefficient (Wildman–Crippen LogP) is 4.35. The molecule has 0 atom stereocenters. The van der Waals surface area contributed by atoms with Crippen molar-refractivity contribution >= 4 is 29.1 Å². The van der Waals surface area contributed by atoms with Crippen LogP contribution < -0.4 is 0 Å². The number of benzene rings is 2. The minimum absolute atomic E-state index is 0.00278. The lowest BCUT2D eigenvalue weighted by molar-refractivity contribution is -0.112. The number of ketones is 1. The number of rotatable bonds is 6. The molecule has 0 unspecified atom stereocenters. The highest BCUT2D eigenvalue weighted by Gasteiger charge is 2.30. The normalized spacial score (nSPS) is 12.4. The Morgan fingerprint density at radius 2 is 1.79 bits per heavy atom. The molecule has 7 nitrogen and oxygen atoms in total. The molecule has 2 heterocycles. The summed E-state index contributed by atoms with van der Waals surface area (Å²) in [4.78, 5) is 30.3. The van der Waals surface area contributed by atoms with Gasteiger partial charge in [-0.1, -0.05) is 42.5 Å². The molecular weight excluding hydrogens is 423 g/mol. The first-order valence-electron chi connectivity index (χ1n) is 9.86. The van der Waals surface area contributed by atoms with Gasteiger partial charge in [0.1, 0.15) is 12.1 Å². The van der Waals surface area contributed by atoms with E-state index in [1.807, 2.05) is 0 Å². The quantitative estimate of drug-likeness (QED) is 0.152. The van der Waals surface area contributed by atoms with E-state index >= 15 is 4.39 Å². The highest BCUT2D eigenvalue weighted by molar-refractivity contribution is 6.48. The van der Waals surface area contributed by atoms with Crippen LogP contribution >= 0.6 is 0 Å². The van der Waals surface area contributed by atoms with Crippen LogP contribution in [0.5, 0.6) is 0 Å². The molecule has 2 aromatic carbocycles. The summed E-state index contributed by atoms with van der Waals surface area (Å²) in [6, 6.07) is 16.2. The molecule has 0 aliphatic carbocycles. The Balaban J connectivity index is 1.99. The zero-order valence-electron chi connectivity index (χ0n) is 17.3. The third kappa shape index (κ3) is 4.54. The molecule has 4 rings (SSSR count). The Morgan fingerprint density at radius 1 is 1.06 bits per heavy atom. The molecule has 0 saturated carbocycles. The lowest BCUT2D eigenvalue weighted by Gasteiger charge is -2.15. The average molecular weight is 441 g/mol. The lowest BCUT2D eigenvalue weighted by Crippen LogP contribution is -2.24. The Morgan fingerprint density at radius 3 is 2.42 bits per heavy atom. The van der Waals surface area contributed by atoms with Crippen molar-refractivity contribution in [2.24, 2.45) is 0 Å². The highest BCUT2D eigenvalue weighted by atomic mass is 19.1. The molecule has 2 N–H and O–H groups in total. The van der Waals surface area contributed by atoms with Gasteiger partial charge in [0.05, 0.1) is 5.57 Å². The number of nitrogens with zero attached hydrogens (tertiary/aromatic N) is 3. The standard InChI is InChI=1S/C25H18FN4O3/c1-16-9-10-18(20(26)13-16)19(14-17-7-3-2-4-8-17)21(22(31)24-27-15-28-29-24)23(32)25(33)30-11-5-6-12-30/h2-15,31H,1H2,(H,27,28,29). The van der Waals surface area contributed by atoms with Gasteiger partial charge in [0.15, 0.2) is 5.76 Å². The monoisotopic (exact) mass is 441 g/mol. The summed E-state index contributed by atoms with van der Waals surface area (Å²) in [6.07, 6.45) is 5.53. The number of hydrogen-bond donors (Lipinski definition) is 2. The fraction of sp³-hybridized carbons (Fsp3) is 0. The summed E-state index contributed by atoms with van der Waals surface area (Å²) in [5.41, 5.74) is 0.595. The van der Waals surface area contributed by atoms with E-state index in [1.165, 1.54) is 36.9 Å². The minimum Gasteiger partial charge on any atom is -0.504 e. The molecule has 8 heteroatoms. The molecule has 33 heavy (non-hydrogen) atoms. The van der Waals surface area contributed by atoms with E-state index < -0.39 is 28.8 Å². The smallest absolute Gasteiger partial charge is 0.303 e. The van der Waals surface area contributed by atoms with Gasteiger partial charge in [0.25, 0.3) is 5.78 Å². The van der Waals surface area contributed by atoms with Gasteiger partial charge in [0.2, 0.25) is 5.82 Å². The van der Waals surface area contributed by atoms with E-state index in [0.717, 1.165) is 4.57 Å². The van der Waals surface area contributed by atoms with Gasteiger partial charge in [-0.05, 0) is 42.3 Å². The van der Waals surface area contributed by atoms with Crippen molar-refractivity contribution in [3.8, 4) is 0 Å². The van der Waals surface area contributed by atoms with Gasteiger partial charge >= 0.3 is 5.91 Å². The van der Waals surface area contributed by atoms with Crippen molar-refractivity contribution in [1.82, 2.24) is 19.7 Å². The van der Waals surface area contributed by atoms with Crippen LogP contribution in [0, 0.1) is 12.7 Å². The van der Waals surface area contributed by atoms with Crippen molar-refractivity contribution in [2.75, 3.05) is 0 Å². The van der Waals surface area contributed by atoms with Gasteiger partial charge in [0, 0.05) is 23.5 Å². The first kappa shape index (κ1) is 21.6. The maximum absolute atomic E-state index is 15.1. The second-order valence-electron chi connectivity index (χ2n) is 7.05. The van der Waals surface area contributed by atoms with E-state index in [0.29, 0.717) is 11.1 Å². The Hall–Kier alpha value is -4.59. The molecule has 0 bridgehead atoms. The number of Topliss-reactive ketones (excluding diaryl/α,β-unsaturated/α-hetero) is 1. The van der Waals surface area contributed by atoms with Gasteiger partial charge < -0.3 is 5.11 Å². The molecule has 0 saturated heterocycles. The number of nitrogens with one attached hydrogen (secondary N) is 1. The summed E-state index contributed by atoms with van der Waals surface area (Å²) in [5.74, 6) is -3.56. The van der Waals surface area contributed by atoms with Crippen molar-refractivity contribution in [2.45, 2.75) is 0 Å². The van der Waals surface area contributed by atoms with Gasteiger partial charge in [-0.15, -0.1) is 0 Å². The highest BCUT2D eigenvalue weighted by Crippen LogP contribution is 2.33. The number of H-pyrrole nitrogens is 1. The molecule has 0 amide bonds. The van der Waals surface area contributed by atoms with E-state index in [2.05, 4.69) is 22.1 Å². The Kier molecular flexibility index (Phi) is 6.08. The molecule has 0 spiro atoms. The number of aliphatic hydroxyl groups excluding tert-OH is 1. The van der Waals surface area contributed by atoms with Crippen molar-refractivity contribution in [3.05, 3.63) is 120 Å². The molecule has 4 aromatic rings. The van der Waals surface area contributed by atoms with Gasteiger partial charge in [-0.2, -0.15) is 5.10 Å². The number of hydrogen-bond acceptors (Lipinski definition) is 5. The number of aromatic nitrogens is 4. The second kappa shape index (κ2) is 9.27. The molecule has 163 valence electrons. The topological polar surface area (TPSA) is 101 Å². The van der Waals surface area contributed by atoms with Gasteiger partial charge in [-0.3, -0.25) is 19.3 Å². The molecule has 2 aromatic heterocycles. The van der Waals surface area contributed by atoms with Crippen LogP contribution in [0.15, 0.2) is 85.0 Å². The van der Waals surface area contributed by atoms with Crippen LogP contribution in [0.3, 0.4) is 0 Å². The zero-order chi connectivity index (χ0) is 23.4. The third-order valence-electron chi connectivity index (χ3n) is 4.83. The summed E-state index contributed by atoms with van der Waals surface area (Å²) in [7, 11) is 0. The van der Waals surface area contributed by atoms with Crippen LogP contribution in [-0.4, -0.2) is 36.5 Å². The van der Waals surface area contributed by atoms with Crippen molar-refractivity contribution < 1.29 is 19.1 Å². The molecule has 0 aliphatic rings. The first-order valence-corrected chi connectivity index (χ1v) is 9.86. The van der Waals surface area contributed by atoms with Crippen molar-refractivity contribution in [3.63, 3.8) is 0 Å². The molecule has 0 fully saturated rings. The molecular formula is C25H18FN4O3. The molecule has 1 radical (unpaired) electrons. The number of aromatic amines is 1. The SMILES string of the molecule is [CH2]c1ccc(C(=Cc2ccccc2)C(C(=O)C(=O)n2cccc2)=C(O)c2nc[nH]n2)c(F)c1. The Bertz CT molecular complexity index is 1360. The van der Waals surface area contributed by atoms with Crippen LogP contribution in [0.4, 0.5) is 4.39 Å². The maximum Gasteiger partial charge on any atom is 0.303 e. The van der Waals surface area contributed by atoms with E-state index in [9.17, 15) is 14.7 Å². The summed E-state index contributed by atoms with van der Waals surface area (Å²) in [6.45, 7) is 3.71. The van der Waals surface area contributed by atoms with E-state index in [-0.39, 0.29) is 17.0 Å². The fourth-order valence-electron chi connectivity index (χ4n) is 3.26. The number of carbonyl (C=O) groups excluding carboxylic acids is 2. The third-order valence-corrected chi connectivity index (χ3v) is 4.83. The number of carbonyl (C=O) groups is 2. The van der Waals surface area contributed by atoms with Crippen molar-refractivity contribution in [1.29, 1.82) is 0 Å². The molecule has 0 aliphatic heterocycles. The number of allylic oxidation sites excluding steroid dienone is 2. The lowest BCUT2D eigenvalue weighted by atomic mass is 9.90. The van der Waals surface area contributed by atoms with Gasteiger partial charge in [-0.25, -0.2) is 9.37 Å². The average Bonchev–Trinajstić information content (AvgIpc) is 3.53. The summed E-state index contributed by atoms with van der Waals surface area (Å²) < 4.78 is 16.2. The van der Waals surface area contributed by atoms with Crippen LogP contribution in [-0.2, 0) is 4.79 Å². The predicted molar refractivity (Wildman–Crippen MR) is 121 cm³/mol. The van der Waals surface area contributed by atoms with Crippen LogP contribution in [0.1, 0.15) is 27.3 Å². The Labute approximate surface area is 188 Å². The number of aliphatic hydroxyl groups is 1. The number of halogens is 1. The largest absolute Gasteiger partial charge is 0.504 e. The first-order chi connectivity index (χ1) is 16.0. The van der Waals surface area contributed by atoms with E-state index in [4.69, 9.17) is 0 Å². The summed E-state index contributed by atoms with van der Waals surface area (Å²) >= 11 is 0. The second-order valence-corrected chi connectivity index (χ2v) is 7.05. The van der Waals surface area contributed by atoms with Crippen LogP contribution in [0.25, 0.3) is 17.4 Å². The fourth-order valence-corrected chi connectivity index (χ4v) is 3.26. The van der Waals surface area contributed by atoms with Crippen LogP contribution in [0.2, 0.25) is 0 Å². The maximum atomic E-state index is 15.1. The summed E-state index contributed by atoms with van der Waals surface area (Å²) in [5, 5.41) is 17.3. The minimum atomic E-state index is -1.06. The van der Waals surface area contributed by atoms with E-state index in [1.54, 1.807) is 48.5 Å².